The number of benzene rings is 1. The van der Waals surface area contributed by atoms with Crippen molar-refractivity contribution in [3.63, 3.8) is 0 Å². The van der Waals surface area contributed by atoms with Crippen LogP contribution in [0, 0.1) is 5.39 Å². The van der Waals surface area contributed by atoms with Crippen molar-refractivity contribution in [3.05, 3.63) is 23.2 Å². The lowest BCUT2D eigenvalue weighted by atomic mass is 10.3. The van der Waals surface area contributed by atoms with Gasteiger partial charge in [-0.25, -0.2) is 8.42 Å². The first-order valence-electron chi connectivity index (χ1n) is 3.08. The summed E-state index contributed by atoms with van der Waals surface area (Å²) < 4.78 is 21.6. The fourth-order valence-corrected chi connectivity index (χ4v) is 1.71. The Bertz CT molecular complexity index is 477. The molecule has 0 unspecified atom stereocenters. The Hall–Kier alpha value is -1.32. The highest BCUT2D eigenvalue weighted by Gasteiger charge is 2.19. The molecular weight excluding hydrogens is 216 g/mol. The van der Waals surface area contributed by atoms with Crippen LogP contribution in [-0.2, 0) is 9.05 Å². The van der Waals surface area contributed by atoms with Gasteiger partial charge in [-0.15, -0.1) is 0 Å². The minimum Gasteiger partial charge on any atom is -0.507 e. The SMILES string of the molecule is N#[N+]c1ccc(O)c(S(=O)(=O)Cl)c1. The predicted octanol–water partition coefficient (Wildman–Crippen LogP) is 1.80. The van der Waals surface area contributed by atoms with Crippen molar-refractivity contribution in [2.24, 2.45) is 0 Å². The number of diazo groups is 1. The summed E-state index contributed by atoms with van der Waals surface area (Å²) in [5.74, 6) is -0.484. The Morgan fingerprint density at radius 2 is 2.08 bits per heavy atom. The summed E-state index contributed by atoms with van der Waals surface area (Å²) in [7, 11) is 0.967. The van der Waals surface area contributed by atoms with Crippen LogP contribution in [0.3, 0.4) is 0 Å². The lowest BCUT2D eigenvalue weighted by Gasteiger charge is -1.95. The zero-order valence-electron chi connectivity index (χ0n) is 6.18. The van der Waals surface area contributed by atoms with Crippen LogP contribution in [0.4, 0.5) is 5.69 Å². The summed E-state index contributed by atoms with van der Waals surface area (Å²) in [5.41, 5.74) is -0.00275. The Labute approximate surface area is 78.6 Å². The van der Waals surface area contributed by atoms with Gasteiger partial charge < -0.3 is 5.11 Å². The first-order chi connectivity index (χ1) is 5.95. The topological polar surface area (TPSA) is 82.5 Å². The molecular formula is C6H4ClN2O3S+. The molecule has 1 N–H and O–H groups in total. The summed E-state index contributed by atoms with van der Waals surface area (Å²) in [6.07, 6.45) is 0. The smallest absolute Gasteiger partial charge is 0.386 e. The second kappa shape index (κ2) is 3.20. The van der Waals surface area contributed by atoms with Crippen molar-refractivity contribution in [3.8, 4) is 5.75 Å². The fourth-order valence-electron chi connectivity index (χ4n) is 0.760. The van der Waals surface area contributed by atoms with E-state index in [4.69, 9.17) is 21.2 Å². The summed E-state index contributed by atoms with van der Waals surface area (Å²) >= 11 is 0. The molecule has 13 heavy (non-hydrogen) atoms. The van der Waals surface area contributed by atoms with E-state index < -0.39 is 19.7 Å². The van der Waals surface area contributed by atoms with E-state index in [0.717, 1.165) is 12.1 Å². The number of halogens is 1. The maximum Gasteiger partial charge on any atom is 0.386 e. The van der Waals surface area contributed by atoms with Crippen LogP contribution in [0.15, 0.2) is 23.1 Å². The maximum atomic E-state index is 10.8. The van der Waals surface area contributed by atoms with Gasteiger partial charge >= 0.3 is 5.69 Å². The molecule has 1 aromatic rings. The lowest BCUT2D eigenvalue weighted by molar-refractivity contribution is 0.460. The highest BCUT2D eigenvalue weighted by molar-refractivity contribution is 8.13. The first-order valence-corrected chi connectivity index (χ1v) is 5.39. The molecule has 0 aliphatic rings. The molecule has 0 saturated heterocycles. The fraction of sp³-hybridized carbons (Fsp3) is 0. The van der Waals surface area contributed by atoms with Gasteiger partial charge in [0, 0.05) is 16.7 Å². The molecule has 7 heteroatoms. The van der Waals surface area contributed by atoms with Crippen molar-refractivity contribution in [2.75, 3.05) is 0 Å². The summed E-state index contributed by atoms with van der Waals surface area (Å²) in [6, 6.07) is 3.27. The van der Waals surface area contributed by atoms with Crippen LogP contribution in [0.1, 0.15) is 0 Å². The van der Waals surface area contributed by atoms with E-state index >= 15 is 0 Å². The number of aromatic hydroxyl groups is 1. The maximum absolute atomic E-state index is 10.8. The van der Waals surface area contributed by atoms with Gasteiger partial charge in [-0.05, 0) is 6.07 Å². The normalized spacial score (nSPS) is 10.8. The molecule has 1 aromatic carbocycles. The van der Waals surface area contributed by atoms with Crippen molar-refractivity contribution >= 4 is 25.4 Å². The number of nitrogens with zero attached hydrogens (tertiary/aromatic N) is 2. The number of hydrogen-bond donors (Lipinski definition) is 1. The minimum absolute atomic E-state index is 0.00275. The van der Waals surface area contributed by atoms with Gasteiger partial charge in [-0.2, -0.15) is 0 Å². The van der Waals surface area contributed by atoms with E-state index in [1.807, 2.05) is 0 Å². The molecule has 0 fully saturated rings. The molecule has 0 radical (unpaired) electrons. The van der Waals surface area contributed by atoms with Crippen molar-refractivity contribution < 1.29 is 13.5 Å². The van der Waals surface area contributed by atoms with E-state index in [9.17, 15) is 8.42 Å². The molecule has 68 valence electrons. The van der Waals surface area contributed by atoms with Crippen molar-refractivity contribution in [1.82, 2.24) is 0 Å². The largest absolute Gasteiger partial charge is 0.507 e. The van der Waals surface area contributed by atoms with Gasteiger partial charge in [-0.1, -0.05) is 0 Å². The standard InChI is InChI=1S/C6H3ClN2O3S/c7-13(11,12)6-3-4(9-8)1-2-5(6)10/h1-3H/p+1. The van der Waals surface area contributed by atoms with Gasteiger partial charge in [0.05, 0.1) is 6.07 Å². The number of phenols is 1. The predicted molar refractivity (Wildman–Crippen MR) is 45.9 cm³/mol. The van der Waals surface area contributed by atoms with Gasteiger partial charge in [0.15, 0.2) is 4.98 Å². The monoisotopic (exact) mass is 219 g/mol. The molecule has 0 aromatic heterocycles. The van der Waals surface area contributed by atoms with E-state index in [0.29, 0.717) is 0 Å². The zero-order chi connectivity index (χ0) is 10.1. The van der Waals surface area contributed by atoms with E-state index in [1.165, 1.54) is 6.07 Å². The molecule has 0 amide bonds. The highest BCUT2D eigenvalue weighted by atomic mass is 35.7. The van der Waals surface area contributed by atoms with Crippen molar-refractivity contribution in [1.29, 1.82) is 5.39 Å². The molecule has 0 spiro atoms. The average molecular weight is 220 g/mol. The Balaban J connectivity index is 3.47. The van der Waals surface area contributed by atoms with Crippen molar-refractivity contribution in [2.45, 2.75) is 4.90 Å². The third kappa shape index (κ3) is 2.08. The Morgan fingerprint density at radius 1 is 1.46 bits per heavy atom. The second-order valence-electron chi connectivity index (χ2n) is 2.19. The first kappa shape index (κ1) is 9.77. The lowest BCUT2D eigenvalue weighted by Crippen LogP contribution is -1.90. The van der Waals surface area contributed by atoms with Crippen LogP contribution in [0.2, 0.25) is 0 Å². The Kier molecular flexibility index (Phi) is 2.40. The van der Waals surface area contributed by atoms with Crippen LogP contribution in [-0.4, -0.2) is 13.5 Å². The van der Waals surface area contributed by atoms with E-state index in [1.54, 1.807) is 0 Å². The number of phenolic OH excluding ortho intramolecular Hbond substituents is 1. The van der Waals surface area contributed by atoms with Gasteiger partial charge in [0.1, 0.15) is 10.6 Å². The minimum atomic E-state index is -4.01. The van der Waals surface area contributed by atoms with Crippen LogP contribution in [0.5, 0.6) is 5.75 Å². The second-order valence-corrected chi connectivity index (χ2v) is 4.72. The quantitative estimate of drug-likeness (QED) is 0.577. The molecule has 0 saturated carbocycles. The highest BCUT2D eigenvalue weighted by Crippen LogP contribution is 2.29. The van der Waals surface area contributed by atoms with E-state index in [-0.39, 0.29) is 5.69 Å². The summed E-state index contributed by atoms with van der Waals surface area (Å²) in [6.45, 7) is 0. The zero-order valence-corrected chi connectivity index (χ0v) is 7.75. The Morgan fingerprint density at radius 3 is 2.54 bits per heavy atom. The summed E-state index contributed by atoms with van der Waals surface area (Å²) in [5, 5.41) is 17.4. The van der Waals surface area contributed by atoms with Gasteiger partial charge in [-0.3, -0.25) is 0 Å². The molecule has 1 rings (SSSR count). The van der Waals surface area contributed by atoms with Crippen LogP contribution in [0.25, 0.3) is 4.98 Å². The third-order valence-electron chi connectivity index (χ3n) is 1.32. The summed E-state index contributed by atoms with van der Waals surface area (Å²) in [4.78, 5) is 2.27. The molecule has 0 bridgehead atoms. The molecule has 0 aliphatic carbocycles. The van der Waals surface area contributed by atoms with Crippen LogP contribution < -0.4 is 0 Å². The third-order valence-corrected chi connectivity index (χ3v) is 2.67. The number of hydrogen-bond acceptors (Lipinski definition) is 4. The average Bonchev–Trinajstić information content (AvgIpc) is 2.03. The van der Waals surface area contributed by atoms with Gasteiger partial charge in [0.25, 0.3) is 9.05 Å². The molecule has 0 aliphatic heterocycles. The number of rotatable bonds is 1. The van der Waals surface area contributed by atoms with E-state index in [2.05, 4.69) is 4.98 Å². The molecule has 0 heterocycles. The van der Waals surface area contributed by atoms with Gasteiger partial charge in [0.2, 0.25) is 5.39 Å². The molecule has 5 nitrogen and oxygen atoms in total. The van der Waals surface area contributed by atoms with Crippen LogP contribution >= 0.6 is 10.7 Å². The molecule has 0 atom stereocenters.